The van der Waals surface area contributed by atoms with Crippen molar-refractivity contribution in [2.45, 2.75) is 31.8 Å². The molecule has 2 aromatic heterocycles. The number of aromatic nitrogens is 3. The fraction of sp³-hybridized carbons (Fsp3) is 0.522. The molecule has 33 heavy (non-hydrogen) atoms. The van der Waals surface area contributed by atoms with E-state index >= 15 is 0 Å². The molecular weight excluding hydrogens is 442 g/mol. The highest BCUT2D eigenvalue weighted by atomic mass is 32.2. The van der Waals surface area contributed by atoms with Gasteiger partial charge in [-0.15, -0.1) is 0 Å². The van der Waals surface area contributed by atoms with Crippen LogP contribution in [-0.4, -0.2) is 73.3 Å². The van der Waals surface area contributed by atoms with Gasteiger partial charge in [-0.25, -0.2) is 18.4 Å². The second kappa shape index (κ2) is 8.90. The number of rotatable bonds is 5. The Morgan fingerprint density at radius 1 is 1.09 bits per heavy atom. The zero-order valence-corrected chi connectivity index (χ0v) is 19.8. The summed E-state index contributed by atoms with van der Waals surface area (Å²) in [5.74, 6) is 2.76. The number of piperidine rings is 1. The first-order chi connectivity index (χ1) is 15.9. The molecule has 0 N–H and O–H groups in total. The molecule has 0 aliphatic carbocycles. The molecule has 1 fully saturated rings. The average Bonchev–Trinajstić information content (AvgIpc) is 3.27. The Kier molecular flexibility index (Phi) is 5.96. The Morgan fingerprint density at radius 2 is 1.85 bits per heavy atom. The minimum atomic E-state index is -3.15. The molecule has 10 heteroatoms. The molecule has 5 rings (SSSR count). The Hall–Kier alpha value is -2.72. The number of nitrogens with zero attached hydrogens (tertiary/aromatic N) is 5. The van der Waals surface area contributed by atoms with E-state index in [9.17, 15) is 8.42 Å². The highest BCUT2D eigenvalue weighted by molar-refractivity contribution is 7.88. The maximum Gasteiger partial charge on any atom is 0.225 e. The van der Waals surface area contributed by atoms with Crippen LogP contribution in [0.1, 0.15) is 30.5 Å². The van der Waals surface area contributed by atoms with E-state index in [2.05, 4.69) is 25.9 Å². The molecule has 0 unspecified atom stereocenters. The van der Waals surface area contributed by atoms with Crippen molar-refractivity contribution in [3.63, 3.8) is 0 Å². The van der Waals surface area contributed by atoms with E-state index in [-0.39, 0.29) is 6.10 Å². The summed E-state index contributed by atoms with van der Waals surface area (Å²) in [6.45, 7) is 2.71. The lowest BCUT2D eigenvalue weighted by Gasteiger charge is -2.34. The summed E-state index contributed by atoms with van der Waals surface area (Å²) in [7, 11) is -1.54. The van der Waals surface area contributed by atoms with E-state index in [1.165, 1.54) is 16.1 Å². The van der Waals surface area contributed by atoms with Crippen LogP contribution in [0.5, 0.6) is 11.5 Å². The number of methoxy groups -OCH3 is 1. The van der Waals surface area contributed by atoms with E-state index in [1.807, 2.05) is 12.3 Å². The number of fused-ring (bicyclic) bond motifs is 1. The van der Waals surface area contributed by atoms with Crippen molar-refractivity contribution < 1.29 is 17.9 Å². The van der Waals surface area contributed by atoms with E-state index in [0.29, 0.717) is 31.2 Å². The molecule has 3 aliphatic heterocycles. The molecule has 0 aromatic carbocycles. The van der Waals surface area contributed by atoms with Crippen molar-refractivity contribution in [3.8, 4) is 11.5 Å². The molecular formula is C23H29N5O4S. The minimum Gasteiger partial charge on any atom is -0.494 e. The number of ether oxygens (including phenoxy) is 2. The summed E-state index contributed by atoms with van der Waals surface area (Å²) < 4.78 is 36.4. The van der Waals surface area contributed by atoms with Gasteiger partial charge in [0.15, 0.2) is 5.75 Å². The molecule has 0 bridgehead atoms. The topological polar surface area (TPSA) is 97.8 Å². The van der Waals surface area contributed by atoms with Crippen LogP contribution in [0.3, 0.4) is 0 Å². The van der Waals surface area contributed by atoms with Gasteiger partial charge in [-0.2, -0.15) is 4.31 Å². The van der Waals surface area contributed by atoms with Crippen molar-refractivity contribution in [1.82, 2.24) is 19.3 Å². The number of hydrogen-bond acceptors (Lipinski definition) is 8. The number of anilines is 1. The molecule has 1 saturated heterocycles. The summed E-state index contributed by atoms with van der Waals surface area (Å²) in [5.41, 5.74) is 3.23. The fourth-order valence-corrected chi connectivity index (χ4v) is 5.61. The fourth-order valence-electron chi connectivity index (χ4n) is 4.84. The van der Waals surface area contributed by atoms with Gasteiger partial charge in [0.2, 0.25) is 16.0 Å². The predicted molar refractivity (Wildman–Crippen MR) is 125 cm³/mol. The Balaban J connectivity index is 1.19. The Morgan fingerprint density at radius 3 is 2.48 bits per heavy atom. The van der Waals surface area contributed by atoms with Gasteiger partial charge in [-0.3, -0.25) is 4.98 Å². The van der Waals surface area contributed by atoms with Gasteiger partial charge in [-0.05, 0) is 36.8 Å². The lowest BCUT2D eigenvalue weighted by molar-refractivity contribution is 0.138. The Bertz CT molecular complexity index is 1140. The van der Waals surface area contributed by atoms with Crippen LogP contribution in [-0.2, 0) is 16.4 Å². The molecule has 2 aromatic rings. The SMILES string of the molecule is COc1cnc(N2CCC([C@@H]3Cc4cc(C5=CCN(S(C)(=O)=O)CC5)ncc4O3)CC2)nc1. The molecule has 3 aliphatic rings. The number of pyridine rings is 1. The normalized spacial score (nSPS) is 21.9. The Labute approximate surface area is 194 Å². The van der Waals surface area contributed by atoms with Crippen LogP contribution in [0.15, 0.2) is 30.7 Å². The maximum atomic E-state index is 11.7. The van der Waals surface area contributed by atoms with Gasteiger partial charge < -0.3 is 14.4 Å². The van der Waals surface area contributed by atoms with Crippen LogP contribution in [0.25, 0.3) is 5.57 Å². The molecule has 9 nitrogen and oxygen atoms in total. The molecule has 1 atom stereocenters. The quantitative estimate of drug-likeness (QED) is 0.654. The summed E-state index contributed by atoms with van der Waals surface area (Å²) >= 11 is 0. The molecule has 176 valence electrons. The standard InChI is InChI=1S/C23H29N5O4S/c1-31-19-13-25-23(26-14-19)27-7-3-17(4-8-27)21-12-18-11-20(24-15-22(18)32-21)16-5-9-28(10-6-16)33(2,29)30/h5,11,13-15,17,21H,3-4,6-10,12H2,1-2H3/t21-/m0/s1. The summed E-state index contributed by atoms with van der Waals surface area (Å²) in [6.07, 6.45) is 12.3. The highest BCUT2D eigenvalue weighted by Gasteiger charge is 2.34. The van der Waals surface area contributed by atoms with Crippen molar-refractivity contribution in [3.05, 3.63) is 42.0 Å². The maximum absolute atomic E-state index is 11.7. The van der Waals surface area contributed by atoms with E-state index in [0.717, 1.165) is 55.3 Å². The van der Waals surface area contributed by atoms with Gasteiger partial charge in [0.25, 0.3) is 0 Å². The predicted octanol–water partition coefficient (Wildman–Crippen LogP) is 2.15. The van der Waals surface area contributed by atoms with Crippen molar-refractivity contribution in [1.29, 1.82) is 0 Å². The molecule has 0 spiro atoms. The number of hydrogen-bond donors (Lipinski definition) is 0. The first-order valence-corrected chi connectivity index (χ1v) is 13.2. The monoisotopic (exact) mass is 471 g/mol. The van der Waals surface area contributed by atoms with Crippen LogP contribution < -0.4 is 14.4 Å². The largest absolute Gasteiger partial charge is 0.494 e. The lowest BCUT2D eigenvalue weighted by atomic mass is 9.89. The second-order valence-electron chi connectivity index (χ2n) is 8.89. The summed E-state index contributed by atoms with van der Waals surface area (Å²) in [6, 6.07) is 2.12. The van der Waals surface area contributed by atoms with E-state index in [4.69, 9.17) is 9.47 Å². The first-order valence-electron chi connectivity index (χ1n) is 11.3. The zero-order chi connectivity index (χ0) is 23.0. The average molecular weight is 472 g/mol. The van der Waals surface area contributed by atoms with Gasteiger partial charge in [0.1, 0.15) is 11.9 Å². The third kappa shape index (κ3) is 4.67. The van der Waals surface area contributed by atoms with Crippen LogP contribution in [0.2, 0.25) is 0 Å². The molecule has 0 saturated carbocycles. The molecule has 0 radical (unpaired) electrons. The lowest BCUT2D eigenvalue weighted by Crippen LogP contribution is -2.40. The molecule has 0 amide bonds. The van der Waals surface area contributed by atoms with E-state index in [1.54, 1.807) is 19.5 Å². The number of sulfonamides is 1. The third-order valence-corrected chi connectivity index (χ3v) is 8.09. The zero-order valence-electron chi connectivity index (χ0n) is 19.0. The first kappa shape index (κ1) is 22.1. The van der Waals surface area contributed by atoms with Crippen molar-refractivity contribution in [2.75, 3.05) is 44.4 Å². The van der Waals surface area contributed by atoms with Gasteiger partial charge in [-0.1, -0.05) is 6.08 Å². The molecule has 5 heterocycles. The third-order valence-electron chi connectivity index (χ3n) is 6.82. The summed E-state index contributed by atoms with van der Waals surface area (Å²) in [4.78, 5) is 15.6. The van der Waals surface area contributed by atoms with Gasteiger partial charge in [0.05, 0.1) is 37.7 Å². The van der Waals surface area contributed by atoms with Crippen molar-refractivity contribution >= 4 is 21.5 Å². The van der Waals surface area contributed by atoms with Crippen LogP contribution in [0, 0.1) is 5.92 Å². The van der Waals surface area contributed by atoms with Crippen LogP contribution >= 0.6 is 0 Å². The minimum absolute atomic E-state index is 0.164. The van der Waals surface area contributed by atoms with Crippen molar-refractivity contribution in [2.24, 2.45) is 5.92 Å². The summed E-state index contributed by atoms with van der Waals surface area (Å²) in [5, 5.41) is 0. The smallest absolute Gasteiger partial charge is 0.225 e. The van der Waals surface area contributed by atoms with Gasteiger partial charge in [0, 0.05) is 38.2 Å². The van der Waals surface area contributed by atoms with Gasteiger partial charge >= 0.3 is 0 Å². The second-order valence-corrected chi connectivity index (χ2v) is 10.9. The van der Waals surface area contributed by atoms with Crippen LogP contribution in [0.4, 0.5) is 5.95 Å². The van der Waals surface area contributed by atoms with E-state index < -0.39 is 10.0 Å². The highest BCUT2D eigenvalue weighted by Crippen LogP contribution is 2.37.